The van der Waals surface area contributed by atoms with Crippen LogP contribution in [0.25, 0.3) is 22.4 Å². The highest BCUT2D eigenvalue weighted by Gasteiger charge is 2.39. The van der Waals surface area contributed by atoms with Gasteiger partial charge in [0.05, 0.1) is 22.4 Å². The number of fused-ring (bicyclic) bond motifs is 1. The van der Waals surface area contributed by atoms with Crippen LogP contribution in [0.1, 0.15) is 41.6 Å². The van der Waals surface area contributed by atoms with Crippen LogP contribution < -0.4 is 10.6 Å². The molecule has 2 heterocycles. The number of aromatic nitrogens is 3. The molecule has 0 saturated carbocycles. The number of nitrogens with zero attached hydrogens (tertiary/aromatic N) is 3. The molecule has 3 aromatic carbocycles. The van der Waals surface area contributed by atoms with Crippen molar-refractivity contribution in [1.82, 2.24) is 15.4 Å². The number of H-pyrrole nitrogens is 1. The number of hydrogen-bond donors (Lipinski definition) is 3. The first-order valence-corrected chi connectivity index (χ1v) is 10.2. The first-order valence-electron chi connectivity index (χ1n) is 10.2. The van der Waals surface area contributed by atoms with Gasteiger partial charge in [0.15, 0.2) is 17.3 Å². The van der Waals surface area contributed by atoms with Crippen molar-refractivity contribution < 1.29 is 33.1 Å². The quantitative estimate of drug-likeness (QED) is 0.363. The molecule has 0 radical (unpaired) electrons. The Labute approximate surface area is 200 Å². The van der Waals surface area contributed by atoms with Gasteiger partial charge in [-0.15, -0.1) is 0 Å². The number of carbonyl (C=O) groups is 4. The number of carbonyl (C=O) groups excluding carboxylic acids is 3. The van der Waals surface area contributed by atoms with Crippen LogP contribution in [-0.4, -0.2) is 44.2 Å². The molecule has 10 nitrogen and oxygen atoms in total. The van der Waals surface area contributed by atoms with Crippen molar-refractivity contribution in [3.63, 3.8) is 0 Å². The van der Waals surface area contributed by atoms with Crippen molar-refractivity contribution in [2.24, 2.45) is 5.73 Å². The van der Waals surface area contributed by atoms with Crippen LogP contribution in [0.2, 0.25) is 0 Å². The van der Waals surface area contributed by atoms with Gasteiger partial charge in [0.25, 0.3) is 17.7 Å². The third kappa shape index (κ3) is 3.48. The van der Waals surface area contributed by atoms with Gasteiger partial charge in [-0.2, -0.15) is 15.4 Å². The SMILES string of the molecule is NC(=O)c1n[nH]nc1-c1ccc2c(c1)C(=O)N(c1cc(-c3ccc(F)c(F)c3)ccc1C(=O)O)C2=O. The molecule has 178 valence electrons. The number of aromatic carboxylic acids is 1. The van der Waals surface area contributed by atoms with E-state index in [-0.39, 0.29) is 50.5 Å². The lowest BCUT2D eigenvalue weighted by atomic mass is 10.0. The first kappa shape index (κ1) is 22.5. The number of imide groups is 1. The van der Waals surface area contributed by atoms with Crippen molar-refractivity contribution in [3.8, 4) is 22.4 Å². The molecule has 0 fully saturated rings. The first-order chi connectivity index (χ1) is 17.2. The van der Waals surface area contributed by atoms with Crippen LogP contribution in [0.15, 0.2) is 54.6 Å². The summed E-state index contributed by atoms with van der Waals surface area (Å²) in [6, 6.07) is 10.9. The monoisotopic (exact) mass is 489 g/mol. The van der Waals surface area contributed by atoms with Crippen molar-refractivity contribution >= 4 is 29.4 Å². The molecule has 36 heavy (non-hydrogen) atoms. The molecule has 1 aliphatic heterocycles. The molecule has 5 rings (SSSR count). The smallest absolute Gasteiger partial charge is 0.337 e. The lowest BCUT2D eigenvalue weighted by Gasteiger charge is -2.18. The minimum absolute atomic E-state index is 0.0116. The largest absolute Gasteiger partial charge is 0.478 e. The molecule has 3 amide bonds. The number of nitrogens with one attached hydrogen (secondary N) is 1. The summed E-state index contributed by atoms with van der Waals surface area (Å²) in [7, 11) is 0. The molecule has 4 N–H and O–H groups in total. The summed E-state index contributed by atoms with van der Waals surface area (Å²) >= 11 is 0. The van der Waals surface area contributed by atoms with E-state index in [1.807, 2.05) is 0 Å². The zero-order valence-electron chi connectivity index (χ0n) is 18.0. The van der Waals surface area contributed by atoms with Gasteiger partial charge in [0.2, 0.25) is 0 Å². The van der Waals surface area contributed by atoms with Gasteiger partial charge in [0.1, 0.15) is 5.69 Å². The maximum atomic E-state index is 13.8. The third-order valence-corrected chi connectivity index (χ3v) is 5.66. The topological polar surface area (TPSA) is 159 Å². The van der Waals surface area contributed by atoms with Crippen LogP contribution in [-0.2, 0) is 0 Å². The Hall–Kier alpha value is -5.26. The zero-order valence-corrected chi connectivity index (χ0v) is 18.0. The predicted molar refractivity (Wildman–Crippen MR) is 120 cm³/mol. The van der Waals surface area contributed by atoms with Gasteiger partial charge in [-0.3, -0.25) is 14.4 Å². The lowest BCUT2D eigenvalue weighted by molar-refractivity contribution is 0.0697. The van der Waals surface area contributed by atoms with Gasteiger partial charge in [-0.05, 0) is 47.5 Å². The van der Waals surface area contributed by atoms with E-state index in [9.17, 15) is 33.1 Å². The summed E-state index contributed by atoms with van der Waals surface area (Å²) in [5, 5.41) is 19.5. The Kier molecular flexibility index (Phi) is 5.13. The molecule has 0 saturated heterocycles. The van der Waals surface area contributed by atoms with Gasteiger partial charge in [-0.1, -0.05) is 18.2 Å². The van der Waals surface area contributed by atoms with E-state index in [2.05, 4.69) is 15.4 Å². The number of benzene rings is 3. The number of anilines is 1. The molecule has 0 unspecified atom stereocenters. The number of carboxylic acids is 1. The molecule has 0 bridgehead atoms. The van der Waals surface area contributed by atoms with E-state index < -0.39 is 35.3 Å². The molecule has 0 spiro atoms. The minimum Gasteiger partial charge on any atom is -0.478 e. The highest BCUT2D eigenvalue weighted by Crippen LogP contribution is 2.36. The van der Waals surface area contributed by atoms with E-state index >= 15 is 0 Å². The normalized spacial score (nSPS) is 12.7. The molecule has 0 aliphatic carbocycles. The maximum absolute atomic E-state index is 13.8. The molecule has 1 aliphatic rings. The number of halogens is 2. The number of nitrogens with two attached hydrogens (primary N) is 1. The number of hydrogen-bond acceptors (Lipinski definition) is 6. The molecule has 12 heteroatoms. The summed E-state index contributed by atoms with van der Waals surface area (Å²) in [6.07, 6.45) is 0. The second kappa shape index (κ2) is 8.20. The van der Waals surface area contributed by atoms with Crippen LogP contribution >= 0.6 is 0 Å². The highest BCUT2D eigenvalue weighted by molar-refractivity contribution is 6.35. The number of primary amides is 1. The van der Waals surface area contributed by atoms with Gasteiger partial charge in [-0.25, -0.2) is 18.5 Å². The summed E-state index contributed by atoms with van der Waals surface area (Å²) in [6.45, 7) is 0. The Morgan fingerprint density at radius 1 is 0.833 bits per heavy atom. The lowest BCUT2D eigenvalue weighted by Crippen LogP contribution is -2.31. The van der Waals surface area contributed by atoms with E-state index in [0.29, 0.717) is 4.90 Å². The van der Waals surface area contributed by atoms with Crippen molar-refractivity contribution in [2.75, 3.05) is 4.90 Å². The Bertz CT molecular complexity index is 1630. The van der Waals surface area contributed by atoms with E-state index in [4.69, 9.17) is 5.73 Å². The van der Waals surface area contributed by atoms with E-state index in [0.717, 1.165) is 18.2 Å². The average Bonchev–Trinajstić information content (AvgIpc) is 3.44. The molecule has 1 aromatic heterocycles. The van der Waals surface area contributed by atoms with Crippen molar-refractivity contribution in [1.29, 1.82) is 0 Å². The van der Waals surface area contributed by atoms with Crippen LogP contribution in [0.5, 0.6) is 0 Å². The number of amides is 3. The average molecular weight is 489 g/mol. The van der Waals surface area contributed by atoms with E-state index in [1.54, 1.807) is 0 Å². The van der Waals surface area contributed by atoms with Crippen molar-refractivity contribution in [3.05, 3.63) is 88.6 Å². The summed E-state index contributed by atoms with van der Waals surface area (Å²) in [4.78, 5) is 50.7. The van der Waals surface area contributed by atoms with Gasteiger partial charge < -0.3 is 10.8 Å². The number of carboxylic acid groups (broad SMARTS) is 1. The van der Waals surface area contributed by atoms with Crippen LogP contribution in [0.4, 0.5) is 14.5 Å². The van der Waals surface area contributed by atoms with Gasteiger partial charge in [0, 0.05) is 5.56 Å². The fourth-order valence-electron chi connectivity index (χ4n) is 3.96. The van der Waals surface area contributed by atoms with Crippen molar-refractivity contribution in [2.45, 2.75) is 0 Å². The number of rotatable bonds is 5. The summed E-state index contributed by atoms with van der Waals surface area (Å²) < 4.78 is 27.2. The zero-order chi connectivity index (χ0) is 25.7. The molecular formula is C24H13F2N5O5. The Balaban J connectivity index is 1.61. The highest BCUT2D eigenvalue weighted by atomic mass is 19.2. The molecular weight excluding hydrogens is 476 g/mol. The second-order valence-electron chi connectivity index (χ2n) is 7.76. The summed E-state index contributed by atoms with van der Waals surface area (Å²) in [5.41, 5.74) is 5.22. The predicted octanol–water partition coefficient (Wildman–Crippen LogP) is 3.01. The van der Waals surface area contributed by atoms with Gasteiger partial charge >= 0.3 is 5.97 Å². The third-order valence-electron chi connectivity index (χ3n) is 5.66. The minimum atomic E-state index is -1.41. The standard InChI is InChI=1S/C24H13F2N5O5/c25-16-6-3-10(8-17(16)26)11-1-5-14(24(35)36)18(9-11)31-22(33)13-4-2-12(7-15(13)23(31)34)19-20(21(27)32)29-30-28-19/h1-9H,(H2,27,32)(H,35,36)(H,28,29,30). The van der Waals surface area contributed by atoms with Crippen LogP contribution in [0.3, 0.4) is 0 Å². The molecule has 0 atom stereocenters. The van der Waals surface area contributed by atoms with E-state index in [1.165, 1.54) is 36.4 Å². The number of aromatic amines is 1. The fourth-order valence-corrected chi connectivity index (χ4v) is 3.96. The molecule has 4 aromatic rings. The second-order valence-corrected chi connectivity index (χ2v) is 7.76. The Morgan fingerprint density at radius 2 is 1.50 bits per heavy atom. The Morgan fingerprint density at radius 3 is 2.19 bits per heavy atom. The maximum Gasteiger partial charge on any atom is 0.337 e. The van der Waals surface area contributed by atoms with Crippen LogP contribution in [0, 0.1) is 11.6 Å². The fraction of sp³-hybridized carbons (Fsp3) is 0. The summed E-state index contributed by atoms with van der Waals surface area (Å²) in [5.74, 6) is -6.07.